The third kappa shape index (κ3) is 3.62. The van der Waals surface area contributed by atoms with Crippen LogP contribution in [0.1, 0.15) is 30.1 Å². The van der Waals surface area contributed by atoms with Crippen LogP contribution in [0.25, 0.3) is 11.0 Å². The van der Waals surface area contributed by atoms with E-state index in [1.165, 1.54) is 0 Å². The average molecular weight is 391 g/mol. The molecule has 6 nitrogen and oxygen atoms in total. The fourth-order valence-electron chi connectivity index (χ4n) is 4.20. The van der Waals surface area contributed by atoms with Crippen LogP contribution in [0.15, 0.2) is 59.4 Å². The van der Waals surface area contributed by atoms with Crippen LogP contribution in [-0.2, 0) is 17.9 Å². The predicted octanol–water partition coefficient (Wildman–Crippen LogP) is 2.94. The van der Waals surface area contributed by atoms with Crippen molar-refractivity contribution in [2.24, 2.45) is 5.92 Å². The second-order valence-corrected chi connectivity index (χ2v) is 7.49. The lowest BCUT2D eigenvalue weighted by atomic mass is 9.89. The molecule has 1 aliphatic heterocycles. The summed E-state index contributed by atoms with van der Waals surface area (Å²) >= 11 is 0. The third-order valence-corrected chi connectivity index (χ3v) is 5.81. The molecule has 0 radical (unpaired) electrons. The van der Waals surface area contributed by atoms with Gasteiger partial charge in [0.15, 0.2) is 5.78 Å². The van der Waals surface area contributed by atoms with Gasteiger partial charge in [0.2, 0.25) is 5.91 Å². The lowest BCUT2D eigenvalue weighted by molar-refractivity contribution is -0.133. The van der Waals surface area contributed by atoms with Crippen LogP contribution in [0.4, 0.5) is 0 Å². The molecule has 0 bridgehead atoms. The van der Waals surface area contributed by atoms with E-state index >= 15 is 0 Å². The number of rotatable bonds is 5. The summed E-state index contributed by atoms with van der Waals surface area (Å²) in [6, 6.07) is 16.9. The number of Topliss-reactive ketones (excluding diaryl/α,β-unsaturated/α-hetero) is 1. The maximum Gasteiger partial charge on any atom is 0.329 e. The molecule has 3 aromatic rings. The molecule has 150 valence electrons. The number of hydrogen-bond donors (Lipinski definition) is 0. The Kier molecular flexibility index (Phi) is 5.34. The molecule has 1 amide bonds. The number of benzene rings is 2. The van der Waals surface area contributed by atoms with Crippen molar-refractivity contribution in [3.8, 4) is 0 Å². The molecule has 0 unspecified atom stereocenters. The zero-order valence-electron chi connectivity index (χ0n) is 16.6. The summed E-state index contributed by atoms with van der Waals surface area (Å²) < 4.78 is 3.25. The topological polar surface area (TPSA) is 64.3 Å². The van der Waals surface area contributed by atoms with Crippen LogP contribution < -0.4 is 5.69 Å². The Morgan fingerprint density at radius 3 is 2.10 bits per heavy atom. The molecule has 4 rings (SSSR count). The highest BCUT2D eigenvalue weighted by Gasteiger charge is 2.28. The lowest BCUT2D eigenvalue weighted by Gasteiger charge is -2.31. The number of carbonyl (C=O) groups is 2. The van der Waals surface area contributed by atoms with E-state index < -0.39 is 0 Å². The molecular formula is C23H25N3O3. The summed E-state index contributed by atoms with van der Waals surface area (Å²) in [5, 5.41) is 0. The molecule has 1 fully saturated rings. The Hall–Kier alpha value is -3.15. The van der Waals surface area contributed by atoms with Gasteiger partial charge in [-0.15, -0.1) is 0 Å². The zero-order chi connectivity index (χ0) is 20.4. The maximum absolute atomic E-state index is 12.9. The van der Waals surface area contributed by atoms with Crippen molar-refractivity contribution in [2.45, 2.75) is 32.9 Å². The van der Waals surface area contributed by atoms with Crippen molar-refractivity contribution < 1.29 is 9.59 Å². The summed E-state index contributed by atoms with van der Waals surface area (Å²) in [5.74, 6) is 0.0304. The van der Waals surface area contributed by atoms with Gasteiger partial charge in [-0.25, -0.2) is 4.79 Å². The normalized spacial score (nSPS) is 15.0. The molecule has 1 aromatic heterocycles. The number of aromatic nitrogens is 2. The molecule has 0 atom stereocenters. The number of likely N-dealkylation sites (tertiary alicyclic amines) is 1. The standard InChI is InChI=1S/C23H25N3O3/c1-2-25-19-10-6-7-11-20(19)26(23(25)29)16-21(27)24-14-12-18(13-15-24)22(28)17-8-4-3-5-9-17/h3-11,18H,2,12-16H2,1H3. The van der Waals surface area contributed by atoms with E-state index in [9.17, 15) is 14.4 Å². The number of carbonyl (C=O) groups excluding carboxylic acids is 2. The Morgan fingerprint density at radius 2 is 1.48 bits per heavy atom. The molecule has 2 heterocycles. The van der Waals surface area contributed by atoms with Crippen molar-refractivity contribution in [1.82, 2.24) is 14.0 Å². The van der Waals surface area contributed by atoms with E-state index in [0.717, 1.165) is 16.6 Å². The van der Waals surface area contributed by atoms with Gasteiger partial charge in [0.05, 0.1) is 11.0 Å². The van der Waals surface area contributed by atoms with Crippen LogP contribution in [-0.4, -0.2) is 38.8 Å². The van der Waals surface area contributed by atoms with Crippen molar-refractivity contribution in [1.29, 1.82) is 0 Å². The number of piperidine rings is 1. The highest BCUT2D eigenvalue weighted by Crippen LogP contribution is 2.22. The van der Waals surface area contributed by atoms with Crippen LogP contribution >= 0.6 is 0 Å². The molecule has 1 saturated heterocycles. The minimum Gasteiger partial charge on any atom is -0.341 e. The highest BCUT2D eigenvalue weighted by atomic mass is 16.2. The first kappa shape index (κ1) is 19.2. The van der Waals surface area contributed by atoms with E-state index in [1.807, 2.05) is 61.5 Å². The second kappa shape index (κ2) is 8.07. The van der Waals surface area contributed by atoms with Crippen molar-refractivity contribution >= 4 is 22.7 Å². The average Bonchev–Trinajstić information content (AvgIpc) is 3.04. The van der Waals surface area contributed by atoms with Crippen molar-refractivity contribution in [3.05, 3.63) is 70.6 Å². The minimum absolute atomic E-state index is 0.0314. The Morgan fingerprint density at radius 1 is 0.897 bits per heavy atom. The molecule has 6 heteroatoms. The Bertz CT molecular complexity index is 1090. The Balaban J connectivity index is 1.45. The quantitative estimate of drug-likeness (QED) is 0.628. The van der Waals surface area contributed by atoms with Crippen LogP contribution in [0.2, 0.25) is 0 Å². The number of nitrogens with zero attached hydrogens (tertiary/aromatic N) is 3. The van der Waals surface area contributed by atoms with Gasteiger partial charge in [-0.1, -0.05) is 42.5 Å². The van der Waals surface area contributed by atoms with Gasteiger partial charge in [0, 0.05) is 31.1 Å². The summed E-state index contributed by atoms with van der Waals surface area (Å²) in [7, 11) is 0. The summed E-state index contributed by atoms with van der Waals surface area (Å²) in [6.07, 6.45) is 1.32. The largest absolute Gasteiger partial charge is 0.341 e. The van der Waals surface area contributed by atoms with E-state index in [1.54, 1.807) is 14.0 Å². The first-order chi connectivity index (χ1) is 14.1. The SMILES string of the molecule is CCn1c(=O)n(CC(=O)N2CCC(C(=O)c3ccccc3)CC2)c2ccccc21. The first-order valence-corrected chi connectivity index (χ1v) is 10.1. The van der Waals surface area contributed by atoms with Gasteiger partial charge in [0.1, 0.15) is 6.54 Å². The molecule has 0 aliphatic carbocycles. The first-order valence-electron chi connectivity index (χ1n) is 10.1. The van der Waals surface area contributed by atoms with Gasteiger partial charge in [-0.05, 0) is 31.9 Å². The summed E-state index contributed by atoms with van der Waals surface area (Å²) in [6.45, 7) is 3.61. The van der Waals surface area contributed by atoms with Crippen molar-refractivity contribution in [3.63, 3.8) is 0 Å². The van der Waals surface area contributed by atoms with Crippen LogP contribution in [0.5, 0.6) is 0 Å². The van der Waals surface area contributed by atoms with Crippen molar-refractivity contribution in [2.75, 3.05) is 13.1 Å². The number of hydrogen-bond acceptors (Lipinski definition) is 3. The summed E-state index contributed by atoms with van der Waals surface area (Å²) in [5.41, 5.74) is 2.20. The minimum atomic E-state index is -0.156. The summed E-state index contributed by atoms with van der Waals surface area (Å²) in [4.78, 5) is 40.0. The number of amides is 1. The van der Waals surface area contributed by atoms with E-state index in [0.29, 0.717) is 32.5 Å². The fourth-order valence-corrected chi connectivity index (χ4v) is 4.20. The number of aryl methyl sites for hydroxylation is 1. The molecule has 2 aromatic carbocycles. The fraction of sp³-hybridized carbons (Fsp3) is 0.348. The monoisotopic (exact) mass is 391 g/mol. The molecule has 0 N–H and O–H groups in total. The molecule has 0 saturated carbocycles. The number of imidazole rings is 1. The molecule has 1 aliphatic rings. The van der Waals surface area contributed by atoms with E-state index in [-0.39, 0.29) is 29.8 Å². The molecule has 29 heavy (non-hydrogen) atoms. The zero-order valence-corrected chi connectivity index (χ0v) is 16.6. The van der Waals surface area contributed by atoms with Gasteiger partial charge in [-0.2, -0.15) is 0 Å². The van der Waals surface area contributed by atoms with Crippen LogP contribution in [0, 0.1) is 5.92 Å². The van der Waals surface area contributed by atoms with Gasteiger partial charge in [0.25, 0.3) is 0 Å². The highest BCUT2D eigenvalue weighted by molar-refractivity contribution is 5.98. The number of para-hydroxylation sites is 2. The van der Waals surface area contributed by atoms with Gasteiger partial charge >= 0.3 is 5.69 Å². The molecule has 0 spiro atoms. The third-order valence-electron chi connectivity index (χ3n) is 5.81. The predicted molar refractivity (Wildman–Crippen MR) is 112 cm³/mol. The van der Waals surface area contributed by atoms with Crippen LogP contribution in [0.3, 0.4) is 0 Å². The van der Waals surface area contributed by atoms with E-state index in [2.05, 4.69) is 0 Å². The maximum atomic E-state index is 12.9. The number of fused-ring (bicyclic) bond motifs is 1. The van der Waals surface area contributed by atoms with Gasteiger partial charge < -0.3 is 4.90 Å². The molecular weight excluding hydrogens is 366 g/mol. The Labute approximate surface area is 169 Å². The lowest BCUT2D eigenvalue weighted by Crippen LogP contribution is -2.43. The van der Waals surface area contributed by atoms with Gasteiger partial charge in [-0.3, -0.25) is 18.7 Å². The number of ketones is 1. The van der Waals surface area contributed by atoms with E-state index in [4.69, 9.17) is 0 Å². The second-order valence-electron chi connectivity index (χ2n) is 7.49. The smallest absolute Gasteiger partial charge is 0.329 e.